The van der Waals surface area contributed by atoms with Gasteiger partial charge in [0, 0.05) is 12.8 Å². The third-order valence-electron chi connectivity index (χ3n) is 18.1. The van der Waals surface area contributed by atoms with E-state index in [1.165, 1.54) is 366 Å². The summed E-state index contributed by atoms with van der Waals surface area (Å²) in [5.41, 5.74) is 0. The summed E-state index contributed by atoms with van der Waals surface area (Å²) in [5, 5.41) is 23.4. The number of aliphatic hydroxyl groups excluding tert-OH is 2. The highest BCUT2D eigenvalue weighted by atomic mass is 16.5. The van der Waals surface area contributed by atoms with Crippen molar-refractivity contribution in [2.24, 2.45) is 0 Å². The number of carbonyl (C=O) groups is 2. The van der Waals surface area contributed by atoms with Gasteiger partial charge in [0.05, 0.1) is 25.4 Å². The molecule has 3 N–H and O–H groups in total. The smallest absolute Gasteiger partial charge is 0.305 e. The highest BCUT2D eigenvalue weighted by molar-refractivity contribution is 5.76. The van der Waals surface area contributed by atoms with Gasteiger partial charge < -0.3 is 20.3 Å². The molecule has 0 spiro atoms. The van der Waals surface area contributed by atoms with Gasteiger partial charge in [0.2, 0.25) is 5.91 Å². The number of hydrogen-bond acceptors (Lipinski definition) is 5. The van der Waals surface area contributed by atoms with Crippen molar-refractivity contribution in [3.05, 3.63) is 12.2 Å². The lowest BCUT2D eigenvalue weighted by atomic mass is 10.0. The second kappa shape index (κ2) is 72.1. The van der Waals surface area contributed by atoms with Crippen LogP contribution in [-0.4, -0.2) is 47.4 Å². The summed E-state index contributed by atoms with van der Waals surface area (Å²) in [6.07, 6.45) is 90.0. The van der Waals surface area contributed by atoms with E-state index in [1.54, 1.807) is 0 Å². The monoisotopic (exact) mass is 1160 g/mol. The molecule has 0 aliphatic carbocycles. The van der Waals surface area contributed by atoms with E-state index in [2.05, 4.69) is 31.3 Å². The van der Waals surface area contributed by atoms with Crippen molar-refractivity contribution in [3.8, 4) is 0 Å². The fourth-order valence-corrected chi connectivity index (χ4v) is 12.3. The summed E-state index contributed by atoms with van der Waals surface area (Å²) in [5.74, 6) is -0.00670. The maximum absolute atomic E-state index is 12.5. The molecule has 82 heavy (non-hydrogen) atoms. The van der Waals surface area contributed by atoms with Crippen LogP contribution in [0.5, 0.6) is 0 Å². The second-order valence-electron chi connectivity index (χ2n) is 26.3. The summed E-state index contributed by atoms with van der Waals surface area (Å²) in [4.78, 5) is 24.7. The number of carbonyl (C=O) groups excluding carboxylic acids is 2. The number of rotatable bonds is 72. The van der Waals surface area contributed by atoms with Crippen LogP contribution in [0.3, 0.4) is 0 Å². The lowest BCUT2D eigenvalue weighted by Crippen LogP contribution is -2.45. The van der Waals surface area contributed by atoms with Gasteiger partial charge in [0.15, 0.2) is 0 Å². The quantitative estimate of drug-likeness (QED) is 0.0320. The minimum absolute atomic E-state index is 0.0203. The fourth-order valence-electron chi connectivity index (χ4n) is 12.3. The van der Waals surface area contributed by atoms with E-state index in [0.717, 1.165) is 38.5 Å². The zero-order chi connectivity index (χ0) is 59.2. The Balaban J connectivity index is 3.32. The molecule has 0 aromatic carbocycles. The van der Waals surface area contributed by atoms with Crippen molar-refractivity contribution in [2.45, 2.75) is 450 Å². The number of amides is 1. The van der Waals surface area contributed by atoms with Gasteiger partial charge in [0.25, 0.3) is 0 Å². The van der Waals surface area contributed by atoms with E-state index < -0.39 is 12.1 Å². The molecule has 0 aromatic rings. The van der Waals surface area contributed by atoms with Crippen LogP contribution in [0.1, 0.15) is 438 Å². The number of esters is 1. The molecule has 0 radical (unpaired) electrons. The topological polar surface area (TPSA) is 95.9 Å². The van der Waals surface area contributed by atoms with Crippen LogP contribution in [0.4, 0.5) is 0 Å². The molecule has 0 rings (SSSR count). The van der Waals surface area contributed by atoms with Crippen molar-refractivity contribution in [1.82, 2.24) is 5.32 Å². The molecule has 0 saturated heterocycles. The fraction of sp³-hybridized carbons (Fsp3) is 0.947. The van der Waals surface area contributed by atoms with Crippen molar-refractivity contribution < 1.29 is 24.5 Å². The first-order valence-electron chi connectivity index (χ1n) is 37.9. The molecule has 2 atom stereocenters. The Kier molecular flexibility index (Phi) is 70.8. The van der Waals surface area contributed by atoms with Gasteiger partial charge in [-0.3, -0.25) is 9.59 Å². The number of ether oxygens (including phenoxy) is 1. The molecule has 0 fully saturated rings. The normalized spacial score (nSPS) is 12.5. The standard InChI is InChI=1S/C76H149NO5/c1-3-5-7-9-11-13-15-17-19-21-33-38-42-46-50-54-58-62-66-70-76(81)82-71-67-63-59-55-51-47-43-39-35-32-30-28-26-24-22-23-25-27-29-31-34-37-41-45-49-53-57-61-65-69-75(80)77-73(72-78)74(79)68-64-60-56-52-48-44-40-36-20-18-16-14-12-10-8-6-4-2/h17,19,73-74,78-79H,3-16,18,20-72H2,1-2H3,(H,77,80)/b19-17-. The van der Waals surface area contributed by atoms with E-state index in [-0.39, 0.29) is 18.5 Å². The maximum Gasteiger partial charge on any atom is 0.305 e. The Labute approximate surface area is 514 Å². The van der Waals surface area contributed by atoms with E-state index in [9.17, 15) is 19.8 Å². The van der Waals surface area contributed by atoms with Crippen molar-refractivity contribution in [1.29, 1.82) is 0 Å². The predicted molar refractivity (Wildman–Crippen MR) is 361 cm³/mol. The molecule has 6 heteroatoms. The Hall–Kier alpha value is -1.40. The van der Waals surface area contributed by atoms with Crippen LogP contribution in [0, 0.1) is 0 Å². The third kappa shape index (κ3) is 67.7. The van der Waals surface area contributed by atoms with Crippen molar-refractivity contribution in [3.63, 3.8) is 0 Å². The molecule has 0 aliphatic rings. The Bertz CT molecular complexity index is 1240. The zero-order valence-electron chi connectivity index (χ0n) is 56.0. The van der Waals surface area contributed by atoms with Crippen LogP contribution in [0.25, 0.3) is 0 Å². The van der Waals surface area contributed by atoms with Crippen molar-refractivity contribution >= 4 is 11.9 Å². The van der Waals surface area contributed by atoms with Crippen LogP contribution in [0.15, 0.2) is 12.2 Å². The average molecular weight is 1160 g/mol. The number of hydrogen-bond donors (Lipinski definition) is 3. The third-order valence-corrected chi connectivity index (χ3v) is 18.1. The van der Waals surface area contributed by atoms with Gasteiger partial charge in [-0.2, -0.15) is 0 Å². The van der Waals surface area contributed by atoms with Gasteiger partial charge in [0.1, 0.15) is 0 Å². The molecule has 0 aliphatic heterocycles. The zero-order valence-corrected chi connectivity index (χ0v) is 56.0. The average Bonchev–Trinajstić information content (AvgIpc) is 3.48. The molecule has 6 nitrogen and oxygen atoms in total. The lowest BCUT2D eigenvalue weighted by molar-refractivity contribution is -0.143. The number of nitrogens with one attached hydrogen (secondary N) is 1. The minimum atomic E-state index is -0.661. The number of aliphatic hydroxyl groups is 2. The Morgan fingerprint density at radius 2 is 0.573 bits per heavy atom. The Morgan fingerprint density at radius 1 is 0.329 bits per heavy atom. The SMILES string of the molecule is CCCCCCCC/C=C\CCCCCCCCCCCC(=O)OCCCCCCCCCCCCCCCCCCCCCCCCCCCCCCCC(=O)NC(CO)C(O)CCCCCCCCCCCCCCCCCCC. The predicted octanol–water partition coefficient (Wildman–Crippen LogP) is 24.7. The van der Waals surface area contributed by atoms with E-state index in [4.69, 9.17) is 4.74 Å². The molecule has 2 unspecified atom stereocenters. The molecule has 0 saturated carbocycles. The van der Waals surface area contributed by atoms with Crippen LogP contribution < -0.4 is 5.32 Å². The summed E-state index contributed by atoms with van der Waals surface area (Å²) in [7, 11) is 0. The number of unbranched alkanes of at least 4 members (excludes halogenated alkanes) is 59. The van der Waals surface area contributed by atoms with Crippen LogP contribution >= 0.6 is 0 Å². The summed E-state index contributed by atoms with van der Waals surface area (Å²) < 4.78 is 5.52. The van der Waals surface area contributed by atoms with Gasteiger partial charge >= 0.3 is 5.97 Å². The van der Waals surface area contributed by atoms with Gasteiger partial charge in [-0.25, -0.2) is 0 Å². The Morgan fingerprint density at radius 3 is 0.866 bits per heavy atom. The van der Waals surface area contributed by atoms with Gasteiger partial charge in [-0.05, 0) is 51.4 Å². The van der Waals surface area contributed by atoms with Gasteiger partial charge in [-0.1, -0.05) is 386 Å². The van der Waals surface area contributed by atoms with E-state index in [0.29, 0.717) is 25.9 Å². The van der Waals surface area contributed by atoms with Crippen LogP contribution in [-0.2, 0) is 14.3 Å². The summed E-state index contributed by atoms with van der Waals surface area (Å²) >= 11 is 0. The second-order valence-corrected chi connectivity index (χ2v) is 26.3. The van der Waals surface area contributed by atoms with Crippen molar-refractivity contribution in [2.75, 3.05) is 13.2 Å². The van der Waals surface area contributed by atoms with Gasteiger partial charge in [-0.15, -0.1) is 0 Å². The molecule has 1 amide bonds. The molecule has 0 bridgehead atoms. The number of allylic oxidation sites excluding steroid dienone is 2. The molecule has 0 heterocycles. The summed E-state index contributed by atoms with van der Waals surface area (Å²) in [6.45, 7) is 5.00. The first-order valence-corrected chi connectivity index (χ1v) is 37.9. The molecular formula is C76H149NO5. The highest BCUT2D eigenvalue weighted by Crippen LogP contribution is 2.20. The molecule has 488 valence electrons. The minimum Gasteiger partial charge on any atom is -0.466 e. The van der Waals surface area contributed by atoms with E-state index >= 15 is 0 Å². The highest BCUT2D eigenvalue weighted by Gasteiger charge is 2.20. The first kappa shape index (κ1) is 80.6. The molecule has 0 aromatic heterocycles. The lowest BCUT2D eigenvalue weighted by Gasteiger charge is -2.22. The first-order chi connectivity index (χ1) is 40.5. The van der Waals surface area contributed by atoms with Crippen LogP contribution in [0.2, 0.25) is 0 Å². The largest absolute Gasteiger partial charge is 0.466 e. The molecular weight excluding hydrogens is 1010 g/mol. The summed E-state index contributed by atoms with van der Waals surface area (Å²) in [6, 6.07) is -0.538. The maximum atomic E-state index is 12.5. The van der Waals surface area contributed by atoms with E-state index in [1.807, 2.05) is 0 Å².